The van der Waals surface area contributed by atoms with E-state index in [1.807, 2.05) is 24.0 Å². The van der Waals surface area contributed by atoms with Gasteiger partial charge >= 0.3 is 6.03 Å². The molecule has 0 aromatic carbocycles. The zero-order valence-corrected chi connectivity index (χ0v) is 16.9. The molecular weight excluding hydrogens is 374 g/mol. The van der Waals surface area contributed by atoms with Crippen LogP contribution in [-0.4, -0.2) is 74.5 Å². The lowest BCUT2D eigenvalue weighted by Gasteiger charge is -2.37. The van der Waals surface area contributed by atoms with E-state index in [0.717, 1.165) is 55.2 Å². The number of halogens is 1. The van der Waals surface area contributed by atoms with E-state index in [-0.39, 0.29) is 6.03 Å². The third-order valence-electron chi connectivity index (χ3n) is 5.13. The van der Waals surface area contributed by atoms with E-state index in [4.69, 9.17) is 21.1 Å². The van der Waals surface area contributed by atoms with Crippen LogP contribution in [0.3, 0.4) is 0 Å². The summed E-state index contributed by atoms with van der Waals surface area (Å²) >= 11 is 7.52. The highest BCUT2D eigenvalue weighted by Crippen LogP contribution is 2.23. The Morgan fingerprint density at radius 2 is 2.19 bits per heavy atom. The molecule has 2 unspecified atom stereocenters. The number of carbonyl (C=O) groups excluding carboxylic acids is 1. The summed E-state index contributed by atoms with van der Waals surface area (Å²) in [6.07, 6.45) is 1.06. The molecule has 1 N–H and O–H groups in total. The first-order valence-electron chi connectivity index (χ1n) is 9.34. The van der Waals surface area contributed by atoms with Gasteiger partial charge < -0.3 is 19.7 Å². The Labute approximate surface area is 164 Å². The molecule has 3 heterocycles. The minimum absolute atomic E-state index is 0.0193. The molecule has 8 heteroatoms. The van der Waals surface area contributed by atoms with Gasteiger partial charge in [0.1, 0.15) is 0 Å². The van der Waals surface area contributed by atoms with E-state index in [2.05, 4.69) is 10.2 Å². The van der Waals surface area contributed by atoms with Crippen LogP contribution in [0, 0.1) is 5.92 Å². The first-order valence-corrected chi connectivity index (χ1v) is 10.5. The van der Waals surface area contributed by atoms with Crippen molar-refractivity contribution in [3.63, 3.8) is 0 Å². The fraction of sp³-hybridized carbons (Fsp3) is 0.722. The average molecular weight is 402 g/mol. The lowest BCUT2D eigenvalue weighted by atomic mass is 9.97. The fourth-order valence-electron chi connectivity index (χ4n) is 3.61. The molecule has 3 rings (SSSR count). The molecule has 1 aromatic heterocycles. The van der Waals surface area contributed by atoms with Gasteiger partial charge in [0.05, 0.1) is 30.7 Å². The maximum atomic E-state index is 12.7. The van der Waals surface area contributed by atoms with Crippen molar-refractivity contribution in [3.05, 3.63) is 21.3 Å². The second-order valence-electron chi connectivity index (χ2n) is 6.75. The molecule has 2 saturated heterocycles. The maximum absolute atomic E-state index is 12.7. The molecule has 2 fully saturated rings. The van der Waals surface area contributed by atoms with Gasteiger partial charge in [-0.3, -0.25) is 4.90 Å². The quantitative estimate of drug-likeness (QED) is 0.763. The topological polar surface area (TPSA) is 54.0 Å². The van der Waals surface area contributed by atoms with Crippen molar-refractivity contribution < 1.29 is 14.3 Å². The van der Waals surface area contributed by atoms with Gasteiger partial charge in [-0.2, -0.15) is 0 Å². The lowest BCUT2D eigenvalue weighted by Crippen LogP contribution is -2.53. The molecule has 2 amide bonds. The largest absolute Gasteiger partial charge is 0.381 e. The van der Waals surface area contributed by atoms with Gasteiger partial charge in [0.2, 0.25) is 0 Å². The molecular formula is C18H28ClN3O3S. The molecule has 0 spiro atoms. The highest BCUT2D eigenvalue weighted by atomic mass is 35.5. The maximum Gasteiger partial charge on any atom is 0.317 e. The normalized spacial score (nSPS) is 22.3. The first kappa shape index (κ1) is 19.9. The van der Waals surface area contributed by atoms with Gasteiger partial charge in [0, 0.05) is 49.6 Å². The molecule has 6 nitrogen and oxygen atoms in total. The summed E-state index contributed by atoms with van der Waals surface area (Å²) < 4.78 is 11.8. The number of hydrogen-bond acceptors (Lipinski definition) is 5. The summed E-state index contributed by atoms with van der Waals surface area (Å²) in [5.74, 6) is 0.472. The van der Waals surface area contributed by atoms with E-state index in [9.17, 15) is 4.79 Å². The Kier molecular flexibility index (Phi) is 7.57. The third kappa shape index (κ3) is 5.33. The average Bonchev–Trinajstić information content (AvgIpc) is 3.32. The predicted molar refractivity (Wildman–Crippen MR) is 104 cm³/mol. The molecule has 2 aliphatic rings. The van der Waals surface area contributed by atoms with Crippen molar-refractivity contribution in [1.82, 2.24) is 15.1 Å². The molecule has 2 atom stereocenters. The highest BCUT2D eigenvalue weighted by Gasteiger charge is 2.32. The Balaban J connectivity index is 1.56. The Bertz CT molecular complexity index is 574. The predicted octanol–water partition coefficient (Wildman–Crippen LogP) is 2.67. The number of morpholine rings is 1. The van der Waals surface area contributed by atoms with Gasteiger partial charge in [-0.05, 0) is 25.5 Å². The molecule has 1 aromatic rings. The summed E-state index contributed by atoms with van der Waals surface area (Å²) in [6, 6.07) is 4.14. The van der Waals surface area contributed by atoms with Gasteiger partial charge in [-0.25, -0.2) is 4.79 Å². The van der Waals surface area contributed by atoms with Crippen molar-refractivity contribution in [2.45, 2.75) is 25.9 Å². The van der Waals surface area contributed by atoms with E-state index < -0.39 is 0 Å². The summed E-state index contributed by atoms with van der Waals surface area (Å²) in [6.45, 7) is 8.86. The first-order chi connectivity index (χ1) is 12.7. The van der Waals surface area contributed by atoms with E-state index in [0.29, 0.717) is 31.6 Å². The zero-order chi connectivity index (χ0) is 18.4. The number of ether oxygens (including phenoxy) is 2. The second kappa shape index (κ2) is 9.90. The van der Waals surface area contributed by atoms with Crippen molar-refractivity contribution in [3.8, 4) is 0 Å². The van der Waals surface area contributed by atoms with E-state index in [1.165, 1.54) is 11.3 Å². The summed E-state index contributed by atoms with van der Waals surface area (Å²) in [5, 5.41) is 3.16. The van der Waals surface area contributed by atoms with Gasteiger partial charge in [-0.15, -0.1) is 11.3 Å². The standard InChI is InChI=1S/C18H28ClN3O3S/c1-2-21(12-15-3-4-17(19)26-15)18(23)20-11-16(14-5-8-25-13-14)22-6-9-24-10-7-22/h3-4,14,16H,2,5-13H2,1H3,(H,20,23). The molecule has 0 saturated carbocycles. The van der Waals surface area contributed by atoms with Crippen LogP contribution in [-0.2, 0) is 16.0 Å². The van der Waals surface area contributed by atoms with Crippen LogP contribution in [0.25, 0.3) is 0 Å². The number of rotatable bonds is 7. The van der Waals surface area contributed by atoms with Crippen LogP contribution in [0.2, 0.25) is 4.34 Å². The third-order valence-corrected chi connectivity index (χ3v) is 6.35. The summed E-state index contributed by atoms with van der Waals surface area (Å²) in [7, 11) is 0. The number of thiophene rings is 1. The second-order valence-corrected chi connectivity index (χ2v) is 8.55. The van der Waals surface area contributed by atoms with Gasteiger partial charge in [0.25, 0.3) is 0 Å². The number of nitrogens with one attached hydrogen (secondary N) is 1. The molecule has 0 aliphatic carbocycles. The fourth-order valence-corrected chi connectivity index (χ4v) is 4.72. The molecule has 146 valence electrons. The minimum Gasteiger partial charge on any atom is -0.381 e. The van der Waals surface area contributed by atoms with Crippen molar-refractivity contribution in [1.29, 1.82) is 0 Å². The lowest BCUT2D eigenvalue weighted by molar-refractivity contribution is 0.00186. The molecule has 0 radical (unpaired) electrons. The SMILES string of the molecule is CCN(Cc1ccc(Cl)s1)C(=O)NCC(C1CCOC1)N1CCOCC1. The minimum atomic E-state index is -0.0193. The molecule has 0 bridgehead atoms. The Morgan fingerprint density at radius 1 is 1.38 bits per heavy atom. The number of carbonyl (C=O) groups is 1. The molecule has 2 aliphatic heterocycles. The van der Waals surface area contributed by atoms with Gasteiger partial charge in [0.15, 0.2) is 0 Å². The smallest absolute Gasteiger partial charge is 0.317 e. The highest BCUT2D eigenvalue weighted by molar-refractivity contribution is 7.16. The van der Waals surface area contributed by atoms with Crippen LogP contribution in [0.4, 0.5) is 4.79 Å². The number of hydrogen-bond donors (Lipinski definition) is 1. The van der Waals surface area contributed by atoms with Crippen molar-refractivity contribution in [2.75, 3.05) is 52.6 Å². The van der Waals surface area contributed by atoms with Crippen LogP contribution in [0.1, 0.15) is 18.2 Å². The summed E-state index contributed by atoms with van der Waals surface area (Å²) in [4.78, 5) is 18.1. The van der Waals surface area contributed by atoms with E-state index in [1.54, 1.807) is 0 Å². The number of urea groups is 1. The number of nitrogens with zero attached hydrogens (tertiary/aromatic N) is 2. The summed E-state index contributed by atoms with van der Waals surface area (Å²) in [5.41, 5.74) is 0. The van der Waals surface area contributed by atoms with Crippen LogP contribution >= 0.6 is 22.9 Å². The zero-order valence-electron chi connectivity index (χ0n) is 15.3. The van der Waals surface area contributed by atoms with Gasteiger partial charge in [-0.1, -0.05) is 11.6 Å². The van der Waals surface area contributed by atoms with Crippen LogP contribution in [0.5, 0.6) is 0 Å². The number of amides is 2. The van der Waals surface area contributed by atoms with Crippen LogP contribution < -0.4 is 5.32 Å². The monoisotopic (exact) mass is 401 g/mol. The molecule has 26 heavy (non-hydrogen) atoms. The Morgan fingerprint density at radius 3 is 2.81 bits per heavy atom. The van der Waals surface area contributed by atoms with Crippen molar-refractivity contribution in [2.24, 2.45) is 5.92 Å². The Hall–Kier alpha value is -0.860. The van der Waals surface area contributed by atoms with E-state index >= 15 is 0 Å². The van der Waals surface area contributed by atoms with Crippen LogP contribution in [0.15, 0.2) is 12.1 Å². The van der Waals surface area contributed by atoms with Crippen molar-refractivity contribution >= 4 is 29.0 Å².